The number of ether oxygens (including phenoxy) is 2. The summed E-state index contributed by atoms with van der Waals surface area (Å²) >= 11 is 0. The van der Waals surface area contributed by atoms with Gasteiger partial charge in [0.2, 0.25) is 11.6 Å². The van der Waals surface area contributed by atoms with Gasteiger partial charge in [-0.15, -0.1) is 0 Å². The third-order valence-corrected chi connectivity index (χ3v) is 3.65. The minimum absolute atomic E-state index is 0.0475. The summed E-state index contributed by atoms with van der Waals surface area (Å²) in [6, 6.07) is 1.58. The van der Waals surface area contributed by atoms with Crippen LogP contribution >= 0.6 is 0 Å². The van der Waals surface area contributed by atoms with Crippen LogP contribution in [0.2, 0.25) is 0 Å². The lowest BCUT2D eigenvalue weighted by Crippen LogP contribution is -2.32. The lowest BCUT2D eigenvalue weighted by molar-refractivity contribution is -0.383. The second kappa shape index (κ2) is 9.19. The molecular weight excluding hydrogens is 413 g/mol. The van der Waals surface area contributed by atoms with Gasteiger partial charge >= 0.3 is 23.8 Å². The fourth-order valence-corrected chi connectivity index (χ4v) is 2.40. The van der Waals surface area contributed by atoms with E-state index in [4.69, 9.17) is 15.2 Å². The Bertz CT molecular complexity index is 923. The number of aromatic nitrogens is 3. The number of nitro groups is 1. The number of pyridine rings is 1. The van der Waals surface area contributed by atoms with Gasteiger partial charge in [0.1, 0.15) is 12.2 Å². The second-order valence-corrected chi connectivity index (χ2v) is 5.74. The lowest BCUT2D eigenvalue weighted by atomic mass is 10.2. The number of hydrogen-bond donors (Lipinski definition) is 1. The Morgan fingerprint density at radius 3 is 2.53 bits per heavy atom. The van der Waals surface area contributed by atoms with Gasteiger partial charge in [0.15, 0.2) is 0 Å². The summed E-state index contributed by atoms with van der Waals surface area (Å²) in [5.41, 5.74) is 4.05. The van der Waals surface area contributed by atoms with Crippen LogP contribution in [0.5, 0.6) is 6.01 Å². The summed E-state index contributed by atoms with van der Waals surface area (Å²) in [5.74, 6) is -1.62. The zero-order valence-electron chi connectivity index (χ0n) is 15.8. The Morgan fingerprint density at radius 2 is 2.03 bits per heavy atom. The number of hydrogen-bond acceptors (Lipinski definition) is 10. The minimum Gasteiger partial charge on any atom is -0.467 e. The largest absolute Gasteiger partial charge is 0.467 e. The van der Waals surface area contributed by atoms with E-state index in [1.54, 1.807) is 6.92 Å². The zero-order valence-corrected chi connectivity index (χ0v) is 15.8. The third-order valence-electron chi connectivity index (χ3n) is 3.65. The fraction of sp³-hybridized carbons (Fsp3) is 0.375. The van der Waals surface area contributed by atoms with Gasteiger partial charge in [0.25, 0.3) is 0 Å². The molecule has 30 heavy (non-hydrogen) atoms. The number of carbonyl (C=O) groups is 1. The van der Waals surface area contributed by atoms with E-state index in [2.05, 4.69) is 15.0 Å². The first-order valence-corrected chi connectivity index (χ1v) is 8.35. The van der Waals surface area contributed by atoms with Gasteiger partial charge in [-0.1, -0.05) is 6.07 Å². The number of anilines is 2. The van der Waals surface area contributed by atoms with Crippen molar-refractivity contribution in [3.63, 3.8) is 0 Å². The molecule has 2 rings (SSSR count). The molecule has 162 valence electrons. The van der Waals surface area contributed by atoms with Crippen LogP contribution in [0.1, 0.15) is 18.2 Å². The summed E-state index contributed by atoms with van der Waals surface area (Å²) in [7, 11) is 1.21. The molecule has 2 N–H and O–H groups in total. The minimum atomic E-state index is -4.63. The number of esters is 1. The standard InChI is InChI=1S/C16H17F3N6O5/c1-3-30-11(26)8-24(7-9-4-5-10(21-6-9)16(17,18)19)14-12(25(27)28)13(20)22-15(23-14)29-2/h4-6H,3,7-8H2,1-2H3,(H2,20,22,23). The number of rotatable bonds is 8. The van der Waals surface area contributed by atoms with Gasteiger partial charge in [-0.05, 0) is 18.6 Å². The molecular formula is C16H17F3N6O5. The highest BCUT2D eigenvalue weighted by atomic mass is 19.4. The highest BCUT2D eigenvalue weighted by Gasteiger charge is 2.33. The molecule has 0 bridgehead atoms. The van der Waals surface area contributed by atoms with Gasteiger partial charge in [0.05, 0.1) is 18.6 Å². The van der Waals surface area contributed by atoms with Crippen molar-refractivity contribution < 1.29 is 32.4 Å². The van der Waals surface area contributed by atoms with Crippen LogP contribution in [0.15, 0.2) is 18.3 Å². The van der Waals surface area contributed by atoms with Crippen molar-refractivity contribution in [2.24, 2.45) is 0 Å². The van der Waals surface area contributed by atoms with Crippen LogP contribution in [-0.2, 0) is 22.3 Å². The highest BCUT2D eigenvalue weighted by molar-refractivity contribution is 5.78. The van der Waals surface area contributed by atoms with Gasteiger partial charge in [-0.25, -0.2) is 0 Å². The van der Waals surface area contributed by atoms with E-state index >= 15 is 0 Å². The molecule has 14 heteroatoms. The summed E-state index contributed by atoms with van der Waals surface area (Å²) in [6.07, 6.45) is -3.69. The molecule has 2 aromatic heterocycles. The van der Waals surface area contributed by atoms with E-state index in [0.717, 1.165) is 23.2 Å². The monoisotopic (exact) mass is 430 g/mol. The first-order valence-electron chi connectivity index (χ1n) is 8.35. The molecule has 0 aromatic carbocycles. The van der Waals surface area contributed by atoms with Crippen LogP contribution in [0, 0.1) is 10.1 Å². The number of carbonyl (C=O) groups excluding carboxylic acids is 1. The summed E-state index contributed by atoms with van der Waals surface area (Å²) in [5, 5.41) is 11.5. The zero-order chi connectivity index (χ0) is 22.5. The van der Waals surface area contributed by atoms with Crippen LogP contribution in [0.25, 0.3) is 0 Å². The van der Waals surface area contributed by atoms with E-state index in [0.29, 0.717) is 0 Å². The molecule has 0 saturated carbocycles. The van der Waals surface area contributed by atoms with Crippen molar-refractivity contribution in [3.05, 3.63) is 39.7 Å². The van der Waals surface area contributed by atoms with Crippen molar-refractivity contribution in [2.45, 2.75) is 19.6 Å². The predicted molar refractivity (Wildman–Crippen MR) is 96.6 cm³/mol. The van der Waals surface area contributed by atoms with Crippen molar-refractivity contribution in [2.75, 3.05) is 30.9 Å². The molecule has 0 spiro atoms. The quantitative estimate of drug-likeness (QED) is 0.374. The fourth-order valence-electron chi connectivity index (χ4n) is 2.40. The lowest BCUT2D eigenvalue weighted by Gasteiger charge is -2.23. The molecule has 11 nitrogen and oxygen atoms in total. The molecule has 0 aliphatic carbocycles. The second-order valence-electron chi connectivity index (χ2n) is 5.74. The highest BCUT2D eigenvalue weighted by Crippen LogP contribution is 2.33. The Balaban J connectivity index is 2.49. The molecule has 0 aliphatic rings. The predicted octanol–water partition coefficient (Wildman–Crippen LogP) is 1.96. The first kappa shape index (κ1) is 22.6. The molecule has 0 atom stereocenters. The number of nitrogen functional groups attached to an aromatic ring is 1. The summed E-state index contributed by atoms with van der Waals surface area (Å²) < 4.78 is 47.9. The summed E-state index contributed by atoms with van der Waals surface area (Å²) in [6.45, 7) is 0.849. The Labute approximate surface area is 167 Å². The van der Waals surface area contributed by atoms with Crippen LogP contribution < -0.4 is 15.4 Å². The number of nitrogens with two attached hydrogens (primary N) is 1. The number of alkyl halides is 3. The molecule has 0 radical (unpaired) electrons. The smallest absolute Gasteiger partial charge is 0.433 e. The van der Waals surface area contributed by atoms with E-state index in [1.165, 1.54) is 7.11 Å². The Morgan fingerprint density at radius 1 is 1.33 bits per heavy atom. The first-order chi connectivity index (χ1) is 14.1. The molecule has 0 amide bonds. The van der Waals surface area contributed by atoms with Crippen LogP contribution in [0.3, 0.4) is 0 Å². The maximum absolute atomic E-state index is 12.7. The van der Waals surface area contributed by atoms with E-state index in [9.17, 15) is 28.1 Å². The SMILES string of the molecule is CCOC(=O)CN(Cc1ccc(C(F)(F)F)nc1)c1nc(OC)nc(N)c1[N+](=O)[O-]. The van der Waals surface area contributed by atoms with Crippen LogP contribution in [0.4, 0.5) is 30.5 Å². The molecule has 0 saturated heterocycles. The number of methoxy groups -OCH3 is 1. The average Bonchev–Trinajstić information content (AvgIpc) is 2.66. The van der Waals surface area contributed by atoms with E-state index in [-0.39, 0.29) is 30.5 Å². The maximum Gasteiger partial charge on any atom is 0.433 e. The van der Waals surface area contributed by atoms with Crippen molar-refractivity contribution >= 4 is 23.3 Å². The number of nitrogens with zero attached hydrogens (tertiary/aromatic N) is 5. The van der Waals surface area contributed by atoms with Crippen LogP contribution in [-0.4, -0.2) is 46.1 Å². The van der Waals surface area contributed by atoms with Crippen molar-refractivity contribution in [3.8, 4) is 6.01 Å². The number of halogens is 3. The average molecular weight is 430 g/mol. The van der Waals surface area contributed by atoms with Gasteiger partial charge < -0.3 is 20.1 Å². The van der Waals surface area contributed by atoms with Gasteiger partial charge in [-0.2, -0.15) is 23.1 Å². The van der Waals surface area contributed by atoms with Gasteiger partial charge in [0, 0.05) is 12.7 Å². The topological polar surface area (TPSA) is 147 Å². The normalized spacial score (nSPS) is 11.1. The Kier molecular flexibility index (Phi) is 6.92. The Hall–Kier alpha value is -3.71. The summed E-state index contributed by atoms with van der Waals surface area (Å²) in [4.78, 5) is 34.7. The molecule has 2 aromatic rings. The molecule has 0 aliphatic heterocycles. The molecule has 2 heterocycles. The third kappa shape index (κ3) is 5.42. The molecule has 0 fully saturated rings. The molecule has 0 unspecified atom stereocenters. The van der Waals surface area contributed by atoms with E-state index in [1.807, 2.05) is 0 Å². The van der Waals surface area contributed by atoms with Crippen molar-refractivity contribution in [1.29, 1.82) is 0 Å². The van der Waals surface area contributed by atoms with E-state index < -0.39 is 40.8 Å². The maximum atomic E-state index is 12.7. The van der Waals surface area contributed by atoms with Crippen molar-refractivity contribution in [1.82, 2.24) is 15.0 Å². The van der Waals surface area contributed by atoms with Gasteiger partial charge in [-0.3, -0.25) is 19.9 Å².